The number of imide groups is 2. The van der Waals surface area contributed by atoms with Crippen LogP contribution >= 0.6 is 11.3 Å². The van der Waals surface area contributed by atoms with Gasteiger partial charge in [-0.1, -0.05) is 31.4 Å². The molecule has 0 radical (unpaired) electrons. The van der Waals surface area contributed by atoms with Crippen molar-refractivity contribution >= 4 is 62.5 Å². The van der Waals surface area contributed by atoms with Crippen LogP contribution < -0.4 is 21.3 Å². The Kier molecular flexibility index (Phi) is 13.2. The Bertz CT molecular complexity index is 2340. The fourth-order valence-corrected chi connectivity index (χ4v) is 10.4. The molecule has 2 saturated heterocycles. The molecule has 5 aliphatic rings. The standard InChI is InChI=1S/C23H24F3N3O2S.C17H21N3O2.C5H7NO2/c1-22(2,31)14-11-17-18(32-21(29-17)13-7-4-3-5-8-13)12-16(14)28-20(30)15-9-6-10-19(27-15)23(24,25)26;1-20-9-17(10-20)7-11(8-17)5-6-18-13-4-2-3-12-14(13)16(22)19-15(12)21;7-4-2-1-3-5(8)6-4/h6,9-13,31H,3-5,7-8H2,1-2H3,(H,28,30);2-4,11,18H,5-10H2,1H3,(H,19,21,22);1-3H2,(H,6,7,8). The number of amides is 5. The summed E-state index contributed by atoms with van der Waals surface area (Å²) in [5, 5.41) is 22.3. The molecule has 0 bridgehead atoms. The molecule has 2 saturated carbocycles. The topological polar surface area (TPSA) is 183 Å². The molecule has 4 aromatic rings. The maximum Gasteiger partial charge on any atom is 0.433 e. The Morgan fingerprint density at radius 3 is 2.23 bits per heavy atom. The number of thiazole rings is 1. The van der Waals surface area contributed by atoms with Gasteiger partial charge < -0.3 is 20.6 Å². The van der Waals surface area contributed by atoms with Crippen LogP contribution in [0.2, 0.25) is 0 Å². The quantitative estimate of drug-likeness (QED) is 0.110. The Balaban J connectivity index is 0.000000165. The minimum atomic E-state index is -4.65. The maximum absolute atomic E-state index is 13.0. The molecule has 0 atom stereocenters. The molecule has 2 aliphatic carbocycles. The molecule has 13 nitrogen and oxygen atoms in total. The molecule has 2 aromatic heterocycles. The van der Waals surface area contributed by atoms with Crippen molar-refractivity contribution in [1.29, 1.82) is 0 Å². The van der Waals surface area contributed by atoms with E-state index in [9.17, 15) is 42.3 Å². The zero-order chi connectivity index (χ0) is 44.4. The lowest BCUT2D eigenvalue weighted by Gasteiger charge is -2.58. The fourth-order valence-electron chi connectivity index (χ4n) is 9.22. The summed E-state index contributed by atoms with van der Waals surface area (Å²) < 4.78 is 39.8. The molecule has 62 heavy (non-hydrogen) atoms. The number of aromatic nitrogens is 2. The predicted molar refractivity (Wildman–Crippen MR) is 229 cm³/mol. The van der Waals surface area contributed by atoms with E-state index in [1.807, 2.05) is 12.1 Å². The summed E-state index contributed by atoms with van der Waals surface area (Å²) in [6.07, 6.45) is 6.69. The number of fused-ring (bicyclic) bond motifs is 2. The number of aliphatic hydroxyl groups is 1. The average Bonchev–Trinajstić information content (AvgIpc) is 3.75. The maximum atomic E-state index is 13.0. The lowest BCUT2D eigenvalue weighted by Crippen LogP contribution is -2.60. The van der Waals surface area contributed by atoms with Crippen molar-refractivity contribution < 1.29 is 42.3 Å². The minimum absolute atomic E-state index is 0.138. The molecule has 5 amide bonds. The van der Waals surface area contributed by atoms with Crippen LogP contribution in [0, 0.1) is 11.3 Å². The fraction of sp³-hybridized carbons (Fsp3) is 0.489. The molecule has 3 aliphatic heterocycles. The highest BCUT2D eigenvalue weighted by Gasteiger charge is 2.50. The summed E-state index contributed by atoms with van der Waals surface area (Å²) in [6, 6.07) is 12.1. The number of hydrogen-bond acceptors (Lipinski definition) is 11. The smallest absolute Gasteiger partial charge is 0.386 e. The lowest BCUT2D eigenvalue weighted by atomic mass is 9.57. The van der Waals surface area contributed by atoms with Crippen LogP contribution in [0.4, 0.5) is 24.5 Å². The molecule has 17 heteroatoms. The number of anilines is 2. The van der Waals surface area contributed by atoms with E-state index in [0.29, 0.717) is 53.0 Å². The van der Waals surface area contributed by atoms with Crippen molar-refractivity contribution in [2.24, 2.45) is 11.3 Å². The lowest BCUT2D eigenvalue weighted by molar-refractivity contribution is -0.141. The monoisotopic (exact) mass is 875 g/mol. The molecular weight excluding hydrogens is 824 g/mol. The van der Waals surface area contributed by atoms with Crippen LogP contribution in [-0.2, 0) is 21.4 Å². The molecule has 1 spiro atoms. The number of benzene rings is 2. The number of alkyl halides is 3. The summed E-state index contributed by atoms with van der Waals surface area (Å²) in [6.45, 7) is 6.53. The van der Waals surface area contributed by atoms with Gasteiger partial charge in [-0.25, -0.2) is 9.97 Å². The number of nitrogens with zero attached hydrogens (tertiary/aromatic N) is 3. The molecule has 0 unspecified atom stereocenters. The van der Waals surface area contributed by atoms with Gasteiger partial charge in [0.1, 0.15) is 11.4 Å². The van der Waals surface area contributed by atoms with Crippen LogP contribution in [0.15, 0.2) is 48.5 Å². The molecular formula is C45H52F3N7O6S. The number of rotatable bonds is 8. The second-order valence-corrected chi connectivity index (χ2v) is 18.7. The molecule has 9 rings (SSSR count). The van der Waals surface area contributed by atoms with Crippen molar-refractivity contribution in [1.82, 2.24) is 25.5 Å². The normalized spacial score (nSPS) is 19.0. The molecule has 330 valence electrons. The first kappa shape index (κ1) is 44.8. The number of carbonyl (C=O) groups excluding carboxylic acids is 5. The summed E-state index contributed by atoms with van der Waals surface area (Å²) in [5.74, 6) is -0.421. The second kappa shape index (κ2) is 18.2. The highest BCUT2D eigenvalue weighted by molar-refractivity contribution is 7.18. The van der Waals surface area contributed by atoms with Crippen LogP contribution in [0.25, 0.3) is 10.2 Å². The average molecular weight is 876 g/mol. The van der Waals surface area contributed by atoms with E-state index >= 15 is 0 Å². The van der Waals surface area contributed by atoms with E-state index in [4.69, 9.17) is 4.98 Å². The van der Waals surface area contributed by atoms with Gasteiger partial charge in [0.25, 0.3) is 17.7 Å². The summed E-state index contributed by atoms with van der Waals surface area (Å²) >= 11 is 1.56. The minimum Gasteiger partial charge on any atom is -0.386 e. The zero-order valence-corrected chi connectivity index (χ0v) is 35.9. The van der Waals surface area contributed by atoms with E-state index in [0.717, 1.165) is 64.8 Å². The summed E-state index contributed by atoms with van der Waals surface area (Å²) in [7, 11) is 2.18. The van der Waals surface area contributed by atoms with Gasteiger partial charge in [0.2, 0.25) is 11.8 Å². The Morgan fingerprint density at radius 2 is 1.60 bits per heavy atom. The Labute approximate surface area is 361 Å². The number of carbonyl (C=O) groups is 5. The third-order valence-electron chi connectivity index (χ3n) is 12.0. The highest BCUT2D eigenvalue weighted by atomic mass is 32.1. The van der Waals surface area contributed by atoms with Gasteiger partial charge in [-0.2, -0.15) is 13.2 Å². The number of hydrogen-bond donors (Lipinski definition) is 5. The van der Waals surface area contributed by atoms with E-state index < -0.39 is 23.4 Å². The summed E-state index contributed by atoms with van der Waals surface area (Å²) in [4.78, 5) is 67.5. The Hall–Kier alpha value is -5.26. The van der Waals surface area contributed by atoms with Crippen molar-refractivity contribution in [3.63, 3.8) is 0 Å². The SMILES string of the molecule is CC(C)(O)c1cc2nc(C3CCCCC3)sc2cc1NC(=O)c1cccc(C(F)(F)F)n1.CN1CC2(CC(CCNc3cccc4c3C(=O)NC4=O)C2)C1.O=C1CCCC(=O)N1. The van der Waals surface area contributed by atoms with Crippen molar-refractivity contribution in [3.05, 3.63) is 81.6 Å². The van der Waals surface area contributed by atoms with Crippen LogP contribution in [0.1, 0.15) is 138 Å². The molecule has 4 fully saturated rings. The first-order chi connectivity index (χ1) is 29.4. The van der Waals surface area contributed by atoms with Gasteiger partial charge in [-0.05, 0) is 107 Å². The van der Waals surface area contributed by atoms with Gasteiger partial charge in [-0.15, -0.1) is 11.3 Å². The van der Waals surface area contributed by atoms with E-state index in [-0.39, 0.29) is 29.3 Å². The number of likely N-dealkylation sites (tertiary alicyclic amines) is 1. The molecule has 2 aromatic carbocycles. The van der Waals surface area contributed by atoms with Gasteiger partial charge in [0.15, 0.2) is 0 Å². The van der Waals surface area contributed by atoms with Crippen molar-refractivity contribution in [3.8, 4) is 0 Å². The van der Waals surface area contributed by atoms with Crippen LogP contribution in [0.5, 0.6) is 0 Å². The van der Waals surface area contributed by atoms with E-state index in [2.05, 4.69) is 38.2 Å². The highest BCUT2D eigenvalue weighted by Crippen LogP contribution is 2.52. The van der Waals surface area contributed by atoms with Crippen molar-refractivity contribution in [2.75, 3.05) is 37.3 Å². The van der Waals surface area contributed by atoms with Gasteiger partial charge >= 0.3 is 6.18 Å². The van der Waals surface area contributed by atoms with E-state index in [1.54, 1.807) is 43.4 Å². The number of nitrogens with one attached hydrogen (secondary N) is 4. The first-order valence-corrected chi connectivity index (χ1v) is 22.0. The molecule has 5 N–H and O–H groups in total. The third-order valence-corrected chi connectivity index (χ3v) is 13.2. The molecule has 5 heterocycles. The first-order valence-electron chi connectivity index (χ1n) is 21.1. The largest absolute Gasteiger partial charge is 0.433 e. The Morgan fingerprint density at radius 1 is 0.903 bits per heavy atom. The van der Waals surface area contributed by atoms with Crippen LogP contribution in [0.3, 0.4) is 0 Å². The number of pyridine rings is 1. The predicted octanol–water partition coefficient (Wildman–Crippen LogP) is 7.76. The summed E-state index contributed by atoms with van der Waals surface area (Å²) in [5.41, 5.74) is 1.09. The number of piperidine rings is 1. The van der Waals surface area contributed by atoms with Gasteiger partial charge in [-0.3, -0.25) is 34.6 Å². The van der Waals surface area contributed by atoms with Crippen LogP contribution in [-0.4, -0.2) is 76.2 Å². The van der Waals surface area contributed by atoms with E-state index in [1.165, 1.54) is 51.3 Å². The second-order valence-electron chi connectivity index (χ2n) is 17.7. The number of halogens is 3. The zero-order valence-electron chi connectivity index (χ0n) is 35.0. The van der Waals surface area contributed by atoms with Crippen molar-refractivity contribution in [2.45, 2.75) is 102 Å². The van der Waals surface area contributed by atoms with Gasteiger partial charge in [0, 0.05) is 55.3 Å². The van der Waals surface area contributed by atoms with Gasteiger partial charge in [0.05, 0.1) is 32.0 Å². The third kappa shape index (κ3) is 10.5.